The van der Waals surface area contributed by atoms with Gasteiger partial charge in [0.2, 0.25) is 5.91 Å². The standard InChI is InChI=1S/C13H14N2O5/c1-2-11(17)20-9-6-4-3-5-8(9)12(13(15)18)19-7-10(14)16/h2-6,12H,1,7H2,(H2,14,16)(H2,15,18). The van der Waals surface area contributed by atoms with E-state index in [9.17, 15) is 14.4 Å². The summed E-state index contributed by atoms with van der Waals surface area (Å²) in [6.45, 7) is 2.78. The molecule has 7 heteroatoms. The summed E-state index contributed by atoms with van der Waals surface area (Å²) in [4.78, 5) is 33.3. The lowest BCUT2D eigenvalue weighted by atomic mass is 10.1. The number of amides is 2. The highest BCUT2D eigenvalue weighted by Gasteiger charge is 2.23. The number of esters is 1. The van der Waals surface area contributed by atoms with Crippen LogP contribution in [0.4, 0.5) is 0 Å². The number of primary amides is 2. The Labute approximate surface area is 115 Å². The average molecular weight is 278 g/mol. The zero-order valence-electron chi connectivity index (χ0n) is 10.6. The molecule has 7 nitrogen and oxygen atoms in total. The second-order valence-electron chi connectivity index (χ2n) is 3.72. The predicted octanol–water partition coefficient (Wildman–Crippen LogP) is -0.194. The second-order valence-corrected chi connectivity index (χ2v) is 3.72. The molecule has 0 saturated carbocycles. The second kappa shape index (κ2) is 7.05. The van der Waals surface area contributed by atoms with Crippen LogP contribution in [0.3, 0.4) is 0 Å². The van der Waals surface area contributed by atoms with E-state index < -0.39 is 30.5 Å². The highest BCUT2D eigenvalue weighted by atomic mass is 16.5. The van der Waals surface area contributed by atoms with Gasteiger partial charge in [0.25, 0.3) is 5.91 Å². The van der Waals surface area contributed by atoms with Crippen molar-refractivity contribution >= 4 is 17.8 Å². The van der Waals surface area contributed by atoms with E-state index >= 15 is 0 Å². The summed E-state index contributed by atoms with van der Waals surface area (Å²) in [5.41, 5.74) is 10.4. The van der Waals surface area contributed by atoms with Gasteiger partial charge in [-0.1, -0.05) is 24.8 Å². The SMILES string of the molecule is C=CC(=O)Oc1ccccc1C(OCC(N)=O)C(N)=O. The van der Waals surface area contributed by atoms with Gasteiger partial charge in [-0.15, -0.1) is 0 Å². The Morgan fingerprint density at radius 1 is 1.25 bits per heavy atom. The monoisotopic (exact) mass is 278 g/mol. The Morgan fingerprint density at radius 2 is 1.90 bits per heavy atom. The number of para-hydroxylation sites is 1. The van der Waals surface area contributed by atoms with Crippen LogP contribution in [-0.2, 0) is 19.1 Å². The zero-order valence-corrected chi connectivity index (χ0v) is 10.6. The van der Waals surface area contributed by atoms with Crippen molar-refractivity contribution in [2.45, 2.75) is 6.10 Å². The van der Waals surface area contributed by atoms with Gasteiger partial charge in [-0.2, -0.15) is 0 Å². The topological polar surface area (TPSA) is 122 Å². The minimum Gasteiger partial charge on any atom is -0.423 e. The maximum absolute atomic E-state index is 11.4. The van der Waals surface area contributed by atoms with E-state index in [-0.39, 0.29) is 11.3 Å². The molecular formula is C13H14N2O5. The van der Waals surface area contributed by atoms with E-state index in [4.69, 9.17) is 20.9 Å². The molecule has 4 N–H and O–H groups in total. The van der Waals surface area contributed by atoms with Gasteiger partial charge in [-0.05, 0) is 6.07 Å². The molecule has 0 aliphatic heterocycles. The molecule has 0 aliphatic rings. The summed E-state index contributed by atoms with van der Waals surface area (Å²) >= 11 is 0. The number of hydrogen-bond acceptors (Lipinski definition) is 5. The van der Waals surface area contributed by atoms with E-state index in [1.807, 2.05) is 0 Å². The highest BCUT2D eigenvalue weighted by molar-refractivity contribution is 5.85. The first-order valence-electron chi connectivity index (χ1n) is 5.58. The van der Waals surface area contributed by atoms with Crippen molar-refractivity contribution in [3.8, 4) is 5.75 Å². The number of hydrogen-bond donors (Lipinski definition) is 2. The highest BCUT2D eigenvalue weighted by Crippen LogP contribution is 2.27. The van der Waals surface area contributed by atoms with Crippen LogP contribution in [0.2, 0.25) is 0 Å². The Morgan fingerprint density at radius 3 is 2.45 bits per heavy atom. The third-order valence-electron chi connectivity index (χ3n) is 2.23. The molecule has 0 saturated heterocycles. The number of rotatable bonds is 7. The summed E-state index contributed by atoms with van der Waals surface area (Å²) < 4.78 is 10.0. The molecule has 2 amide bonds. The minimum atomic E-state index is -1.25. The number of carbonyl (C=O) groups excluding carboxylic acids is 3. The molecule has 0 aromatic heterocycles. The smallest absolute Gasteiger partial charge is 0.335 e. The lowest BCUT2D eigenvalue weighted by Gasteiger charge is -2.16. The predicted molar refractivity (Wildman–Crippen MR) is 69.4 cm³/mol. The summed E-state index contributed by atoms with van der Waals surface area (Å²) in [6.07, 6.45) is -0.281. The van der Waals surface area contributed by atoms with E-state index in [0.717, 1.165) is 6.08 Å². The largest absolute Gasteiger partial charge is 0.423 e. The summed E-state index contributed by atoms with van der Waals surface area (Å²) in [6, 6.07) is 6.15. The average Bonchev–Trinajstić information content (AvgIpc) is 2.39. The molecule has 1 unspecified atom stereocenters. The Balaban J connectivity index is 3.06. The van der Waals surface area contributed by atoms with Crippen LogP contribution >= 0.6 is 0 Å². The van der Waals surface area contributed by atoms with Gasteiger partial charge in [0, 0.05) is 11.6 Å². The molecular weight excluding hydrogens is 264 g/mol. The fourth-order valence-electron chi connectivity index (χ4n) is 1.43. The molecule has 1 aromatic carbocycles. The zero-order chi connectivity index (χ0) is 15.1. The number of ether oxygens (including phenoxy) is 2. The molecule has 20 heavy (non-hydrogen) atoms. The third-order valence-corrected chi connectivity index (χ3v) is 2.23. The quantitative estimate of drug-likeness (QED) is 0.406. The van der Waals surface area contributed by atoms with Crippen molar-refractivity contribution in [2.24, 2.45) is 11.5 Å². The fraction of sp³-hybridized carbons (Fsp3) is 0.154. The van der Waals surface area contributed by atoms with E-state index in [1.165, 1.54) is 12.1 Å². The van der Waals surface area contributed by atoms with Gasteiger partial charge >= 0.3 is 5.97 Å². The first-order chi connectivity index (χ1) is 9.45. The van der Waals surface area contributed by atoms with Gasteiger partial charge in [-0.25, -0.2) is 4.79 Å². The van der Waals surface area contributed by atoms with Crippen molar-refractivity contribution in [3.63, 3.8) is 0 Å². The first-order valence-corrected chi connectivity index (χ1v) is 5.58. The number of carbonyl (C=O) groups is 3. The normalized spacial score (nSPS) is 11.4. The molecule has 1 aromatic rings. The van der Waals surface area contributed by atoms with Crippen molar-refractivity contribution in [1.82, 2.24) is 0 Å². The Hall–Kier alpha value is -2.67. The number of benzene rings is 1. The Bertz CT molecular complexity index is 541. The Kier molecular flexibility index (Phi) is 5.42. The van der Waals surface area contributed by atoms with Gasteiger partial charge in [-0.3, -0.25) is 9.59 Å². The molecule has 0 radical (unpaired) electrons. The first kappa shape index (κ1) is 15.4. The van der Waals surface area contributed by atoms with Gasteiger partial charge < -0.3 is 20.9 Å². The molecule has 0 aliphatic carbocycles. The van der Waals surface area contributed by atoms with Crippen LogP contribution in [0.1, 0.15) is 11.7 Å². The van der Waals surface area contributed by atoms with E-state index in [0.29, 0.717) is 0 Å². The van der Waals surface area contributed by atoms with Crippen molar-refractivity contribution in [3.05, 3.63) is 42.5 Å². The van der Waals surface area contributed by atoms with Gasteiger partial charge in [0.15, 0.2) is 6.10 Å². The molecule has 0 fully saturated rings. The number of nitrogens with two attached hydrogens (primary N) is 2. The molecule has 1 rings (SSSR count). The lowest BCUT2D eigenvalue weighted by molar-refractivity contribution is -0.135. The van der Waals surface area contributed by atoms with Crippen molar-refractivity contribution in [1.29, 1.82) is 0 Å². The van der Waals surface area contributed by atoms with Crippen LogP contribution < -0.4 is 16.2 Å². The maximum Gasteiger partial charge on any atom is 0.335 e. The molecule has 0 spiro atoms. The summed E-state index contributed by atoms with van der Waals surface area (Å²) in [7, 11) is 0. The summed E-state index contributed by atoms with van der Waals surface area (Å²) in [5.74, 6) is -2.20. The van der Waals surface area contributed by atoms with Crippen molar-refractivity contribution in [2.75, 3.05) is 6.61 Å². The van der Waals surface area contributed by atoms with Crippen LogP contribution in [0.5, 0.6) is 5.75 Å². The summed E-state index contributed by atoms with van der Waals surface area (Å²) in [5, 5.41) is 0. The third kappa shape index (κ3) is 4.21. The van der Waals surface area contributed by atoms with Crippen LogP contribution in [0.15, 0.2) is 36.9 Å². The fourth-order valence-corrected chi connectivity index (χ4v) is 1.43. The molecule has 0 heterocycles. The van der Waals surface area contributed by atoms with Crippen LogP contribution in [-0.4, -0.2) is 24.4 Å². The molecule has 106 valence electrons. The van der Waals surface area contributed by atoms with Crippen LogP contribution in [0, 0.1) is 0 Å². The van der Waals surface area contributed by atoms with Crippen LogP contribution in [0.25, 0.3) is 0 Å². The lowest BCUT2D eigenvalue weighted by Crippen LogP contribution is -2.28. The molecule has 1 atom stereocenters. The van der Waals surface area contributed by atoms with Crippen molar-refractivity contribution < 1.29 is 23.9 Å². The maximum atomic E-state index is 11.4. The minimum absolute atomic E-state index is 0.0886. The van der Waals surface area contributed by atoms with E-state index in [1.54, 1.807) is 12.1 Å². The van der Waals surface area contributed by atoms with Gasteiger partial charge in [0.05, 0.1) is 0 Å². The van der Waals surface area contributed by atoms with E-state index in [2.05, 4.69) is 6.58 Å². The molecule has 0 bridgehead atoms. The van der Waals surface area contributed by atoms with Gasteiger partial charge in [0.1, 0.15) is 12.4 Å².